The Balaban J connectivity index is 0.00000208. The number of hydrogen-bond donors (Lipinski definition) is 1. The first-order valence-corrected chi connectivity index (χ1v) is 7.95. The highest BCUT2D eigenvalue weighted by molar-refractivity contribution is 6.32. The highest BCUT2D eigenvalue weighted by atomic mass is 35.5. The van der Waals surface area contributed by atoms with Gasteiger partial charge in [0.05, 0.1) is 5.02 Å². The highest BCUT2D eigenvalue weighted by Gasteiger charge is 2.17. The molecule has 1 aliphatic rings. The Bertz CT molecular complexity index is 720. The molecule has 0 amide bonds. The molecule has 0 saturated carbocycles. The van der Waals surface area contributed by atoms with Crippen molar-refractivity contribution in [3.8, 4) is 5.75 Å². The molecule has 128 valence electrons. The minimum Gasteiger partial charge on any atom is -0.484 e. The molecule has 3 rings (SSSR count). The third-order valence-electron chi connectivity index (χ3n) is 3.95. The van der Waals surface area contributed by atoms with Crippen LogP contribution < -0.4 is 10.1 Å². The summed E-state index contributed by atoms with van der Waals surface area (Å²) in [6.45, 7) is 1.66. The van der Waals surface area contributed by atoms with Crippen LogP contribution in [0.1, 0.15) is 21.5 Å². The lowest BCUT2D eigenvalue weighted by atomic mass is 10.0. The van der Waals surface area contributed by atoms with E-state index in [0.717, 1.165) is 31.5 Å². The average Bonchev–Trinajstić information content (AvgIpc) is 2.80. The number of nitrogens with one attached hydrogen (secondary N) is 1. The van der Waals surface area contributed by atoms with E-state index in [0.29, 0.717) is 16.3 Å². The van der Waals surface area contributed by atoms with Crippen molar-refractivity contribution in [1.82, 2.24) is 5.32 Å². The van der Waals surface area contributed by atoms with E-state index in [-0.39, 0.29) is 30.6 Å². The van der Waals surface area contributed by atoms with Gasteiger partial charge in [0.1, 0.15) is 11.6 Å². The van der Waals surface area contributed by atoms with E-state index in [2.05, 4.69) is 5.32 Å². The Morgan fingerprint density at radius 2 is 1.83 bits per heavy atom. The summed E-state index contributed by atoms with van der Waals surface area (Å²) in [6, 6.07) is 9.26. The second-order valence-corrected chi connectivity index (χ2v) is 5.89. The lowest BCUT2D eigenvalue weighted by Gasteiger charge is -2.15. The van der Waals surface area contributed by atoms with Gasteiger partial charge in [0.2, 0.25) is 0 Å². The number of hydrogen-bond acceptors (Lipinski definition) is 3. The molecule has 0 aromatic heterocycles. The molecular weight excluding hydrogens is 352 g/mol. The van der Waals surface area contributed by atoms with Crippen LogP contribution in [0.15, 0.2) is 36.4 Å². The Morgan fingerprint density at radius 3 is 2.58 bits per heavy atom. The summed E-state index contributed by atoms with van der Waals surface area (Å²) < 4.78 is 18.6. The van der Waals surface area contributed by atoms with Crippen LogP contribution in [0.2, 0.25) is 5.02 Å². The smallest absolute Gasteiger partial charge is 0.200 e. The molecule has 0 fully saturated rings. The highest BCUT2D eigenvalue weighted by Crippen LogP contribution is 2.33. The molecular formula is C18H18Cl2FNO2. The minimum atomic E-state index is -0.369. The van der Waals surface area contributed by atoms with Gasteiger partial charge in [-0.1, -0.05) is 17.7 Å². The van der Waals surface area contributed by atoms with E-state index in [4.69, 9.17) is 16.3 Å². The molecule has 0 atom stereocenters. The SMILES string of the molecule is Cl.O=C(COc1c(Cl)ccc2c1CCNCC2)c1ccc(F)cc1. The van der Waals surface area contributed by atoms with Gasteiger partial charge in [-0.25, -0.2) is 4.39 Å². The first kappa shape index (κ1) is 18.7. The van der Waals surface area contributed by atoms with Gasteiger partial charge < -0.3 is 10.1 Å². The van der Waals surface area contributed by atoms with Crippen LogP contribution in [0.5, 0.6) is 5.75 Å². The second kappa shape index (κ2) is 8.47. The van der Waals surface area contributed by atoms with Crippen molar-refractivity contribution in [2.45, 2.75) is 12.8 Å². The van der Waals surface area contributed by atoms with E-state index in [1.54, 1.807) is 0 Å². The number of fused-ring (bicyclic) bond motifs is 1. The number of ether oxygens (including phenoxy) is 1. The summed E-state index contributed by atoms with van der Waals surface area (Å²) in [5.74, 6) is 0.0140. The van der Waals surface area contributed by atoms with E-state index < -0.39 is 0 Å². The van der Waals surface area contributed by atoms with Crippen molar-refractivity contribution >= 4 is 29.8 Å². The Labute approximate surface area is 151 Å². The number of halogens is 3. The quantitative estimate of drug-likeness (QED) is 0.831. The van der Waals surface area contributed by atoms with Crippen molar-refractivity contribution < 1.29 is 13.9 Å². The Kier molecular flexibility index (Phi) is 6.60. The van der Waals surface area contributed by atoms with Crippen molar-refractivity contribution in [3.63, 3.8) is 0 Å². The molecule has 0 unspecified atom stereocenters. The normalized spacial score (nSPS) is 13.4. The van der Waals surface area contributed by atoms with Crippen LogP contribution in [0.3, 0.4) is 0 Å². The summed E-state index contributed by atoms with van der Waals surface area (Å²) in [6.07, 6.45) is 1.73. The molecule has 0 aliphatic carbocycles. The van der Waals surface area contributed by atoms with Gasteiger partial charge in [-0.05, 0) is 61.8 Å². The van der Waals surface area contributed by atoms with Gasteiger partial charge in [0.15, 0.2) is 12.4 Å². The van der Waals surface area contributed by atoms with Crippen LogP contribution in [0.25, 0.3) is 0 Å². The maximum atomic E-state index is 12.9. The van der Waals surface area contributed by atoms with Gasteiger partial charge in [0.25, 0.3) is 0 Å². The molecule has 2 aromatic carbocycles. The van der Waals surface area contributed by atoms with E-state index in [1.165, 1.54) is 29.8 Å². The molecule has 0 radical (unpaired) electrons. The first-order valence-electron chi connectivity index (χ1n) is 7.57. The third-order valence-corrected chi connectivity index (χ3v) is 4.24. The molecule has 2 aromatic rings. The zero-order valence-corrected chi connectivity index (χ0v) is 14.6. The standard InChI is InChI=1S/C18H17ClFNO2.ClH/c19-16-6-3-12-7-9-21-10-8-15(12)18(16)23-11-17(22)13-1-4-14(20)5-2-13;/h1-6,21H,7-11H2;1H. The first-order chi connectivity index (χ1) is 11.1. The number of ketones is 1. The van der Waals surface area contributed by atoms with Crippen molar-refractivity contribution in [2.24, 2.45) is 0 Å². The number of carbonyl (C=O) groups excluding carboxylic acids is 1. The maximum Gasteiger partial charge on any atom is 0.200 e. The molecule has 0 saturated heterocycles. The van der Waals surface area contributed by atoms with Gasteiger partial charge in [-0.2, -0.15) is 0 Å². The lowest BCUT2D eigenvalue weighted by Crippen LogP contribution is -2.16. The fourth-order valence-electron chi connectivity index (χ4n) is 2.72. The summed E-state index contributed by atoms with van der Waals surface area (Å²) in [7, 11) is 0. The van der Waals surface area contributed by atoms with Crippen molar-refractivity contribution in [1.29, 1.82) is 0 Å². The maximum absolute atomic E-state index is 12.9. The molecule has 3 nitrogen and oxygen atoms in total. The van der Waals surface area contributed by atoms with Crippen molar-refractivity contribution in [2.75, 3.05) is 19.7 Å². The molecule has 1 heterocycles. The third kappa shape index (κ3) is 4.26. The zero-order valence-electron chi connectivity index (χ0n) is 13.0. The number of rotatable bonds is 4. The van der Waals surface area contributed by atoms with E-state index in [9.17, 15) is 9.18 Å². The summed E-state index contributed by atoms with van der Waals surface area (Å²) >= 11 is 6.26. The fourth-order valence-corrected chi connectivity index (χ4v) is 2.95. The molecule has 24 heavy (non-hydrogen) atoms. The van der Waals surface area contributed by atoms with Gasteiger partial charge >= 0.3 is 0 Å². The fraction of sp³-hybridized carbons (Fsp3) is 0.278. The molecule has 0 spiro atoms. The molecule has 1 aliphatic heterocycles. The Morgan fingerprint density at radius 1 is 1.12 bits per heavy atom. The lowest BCUT2D eigenvalue weighted by molar-refractivity contribution is 0.0921. The summed E-state index contributed by atoms with van der Waals surface area (Å²) in [5, 5.41) is 3.85. The number of carbonyl (C=O) groups is 1. The van der Waals surface area contributed by atoms with Crippen LogP contribution in [-0.2, 0) is 12.8 Å². The topological polar surface area (TPSA) is 38.3 Å². The molecule has 6 heteroatoms. The van der Waals surface area contributed by atoms with Crippen molar-refractivity contribution in [3.05, 3.63) is 63.9 Å². The molecule has 1 N–H and O–H groups in total. The summed E-state index contributed by atoms with van der Waals surface area (Å²) in [5.41, 5.74) is 2.68. The van der Waals surface area contributed by atoms with Crippen LogP contribution in [0.4, 0.5) is 4.39 Å². The van der Waals surface area contributed by atoms with Crippen LogP contribution in [-0.4, -0.2) is 25.5 Å². The van der Waals surface area contributed by atoms with E-state index >= 15 is 0 Å². The van der Waals surface area contributed by atoms with E-state index in [1.807, 2.05) is 12.1 Å². The summed E-state index contributed by atoms with van der Waals surface area (Å²) in [4.78, 5) is 12.2. The number of Topliss-reactive ketones (excluding diaryl/α,β-unsaturated/α-hetero) is 1. The predicted octanol–water partition coefficient (Wildman–Crippen LogP) is 3.85. The monoisotopic (exact) mass is 369 g/mol. The van der Waals surface area contributed by atoms with Gasteiger partial charge in [0, 0.05) is 11.1 Å². The van der Waals surface area contributed by atoms with Crippen LogP contribution >= 0.6 is 24.0 Å². The second-order valence-electron chi connectivity index (χ2n) is 5.48. The Hall–Kier alpha value is -1.62. The number of benzene rings is 2. The minimum absolute atomic E-state index is 0. The predicted molar refractivity (Wildman–Crippen MR) is 95.2 cm³/mol. The van der Waals surface area contributed by atoms with Gasteiger partial charge in [-0.3, -0.25) is 4.79 Å². The molecule has 0 bridgehead atoms. The van der Waals surface area contributed by atoms with Crippen LogP contribution in [0, 0.1) is 5.82 Å². The van der Waals surface area contributed by atoms with Gasteiger partial charge in [-0.15, -0.1) is 12.4 Å². The zero-order chi connectivity index (χ0) is 16.2. The average molecular weight is 370 g/mol. The largest absolute Gasteiger partial charge is 0.484 e.